The first-order valence-corrected chi connectivity index (χ1v) is 9.45. The molecule has 8 heteroatoms. The fourth-order valence-corrected chi connectivity index (χ4v) is 4.00. The van der Waals surface area contributed by atoms with Gasteiger partial charge in [0.15, 0.2) is 0 Å². The minimum Gasteiger partial charge on any atom is -0.311 e. The Morgan fingerprint density at radius 1 is 1.30 bits per heavy atom. The molecule has 4 rings (SSSR count). The van der Waals surface area contributed by atoms with E-state index in [0.29, 0.717) is 44.7 Å². The quantitative estimate of drug-likeness (QED) is 0.806. The van der Waals surface area contributed by atoms with Gasteiger partial charge < -0.3 is 4.90 Å². The topological polar surface area (TPSA) is 58.4 Å². The van der Waals surface area contributed by atoms with E-state index in [0.717, 1.165) is 11.3 Å². The zero-order valence-electron chi connectivity index (χ0n) is 15.0. The van der Waals surface area contributed by atoms with Gasteiger partial charge in [0.2, 0.25) is 5.91 Å². The average molecular weight is 391 g/mol. The first kappa shape index (κ1) is 18.1. The third-order valence-corrected chi connectivity index (χ3v) is 5.70. The molecular formula is C19H20ClFN4O2. The van der Waals surface area contributed by atoms with Gasteiger partial charge in [0.25, 0.3) is 5.56 Å². The first-order chi connectivity index (χ1) is 13.0. The molecule has 27 heavy (non-hydrogen) atoms. The predicted molar refractivity (Wildman–Crippen MR) is 100 cm³/mol. The van der Waals surface area contributed by atoms with Gasteiger partial charge in [-0.05, 0) is 38.0 Å². The van der Waals surface area contributed by atoms with Crippen molar-refractivity contribution in [3.8, 4) is 0 Å². The number of carbonyl (C=O) groups excluding carboxylic acids is 1. The van der Waals surface area contributed by atoms with Crippen LogP contribution >= 0.6 is 11.6 Å². The van der Waals surface area contributed by atoms with Crippen LogP contribution in [0.1, 0.15) is 24.6 Å². The monoisotopic (exact) mass is 390 g/mol. The number of aryl methyl sites for hydroxylation is 1. The molecular weight excluding hydrogens is 371 g/mol. The van der Waals surface area contributed by atoms with Crippen LogP contribution in [-0.4, -0.2) is 39.5 Å². The van der Waals surface area contributed by atoms with Gasteiger partial charge in [0, 0.05) is 37.4 Å². The molecule has 1 aromatic heterocycles. The van der Waals surface area contributed by atoms with Crippen LogP contribution in [0.5, 0.6) is 0 Å². The molecule has 0 N–H and O–H groups in total. The van der Waals surface area contributed by atoms with E-state index in [1.54, 1.807) is 21.9 Å². The van der Waals surface area contributed by atoms with E-state index in [1.807, 2.05) is 6.92 Å². The standard InChI is InChI=1S/C19H20ClFN4O2/c1-2-23-11-22-16-10-24(7-5-13(16)18(23)26)17-6-8-25(19(17)27)12-3-4-14(20)15(21)9-12/h3-4,9,11,17H,2,5-8,10H2,1H3. The van der Waals surface area contributed by atoms with Crippen molar-refractivity contribution in [2.24, 2.45) is 0 Å². The molecule has 2 aromatic rings. The second kappa shape index (κ2) is 7.05. The lowest BCUT2D eigenvalue weighted by molar-refractivity contribution is -0.122. The van der Waals surface area contributed by atoms with Gasteiger partial charge in [-0.3, -0.25) is 19.1 Å². The molecule has 0 bridgehead atoms. The molecule has 0 radical (unpaired) electrons. The van der Waals surface area contributed by atoms with Crippen molar-refractivity contribution < 1.29 is 9.18 Å². The number of halogens is 2. The highest BCUT2D eigenvalue weighted by molar-refractivity contribution is 6.30. The summed E-state index contributed by atoms with van der Waals surface area (Å²) in [6.45, 7) is 4.15. The Morgan fingerprint density at radius 2 is 2.11 bits per heavy atom. The van der Waals surface area contributed by atoms with E-state index in [1.165, 1.54) is 12.1 Å². The number of nitrogens with zero attached hydrogens (tertiary/aromatic N) is 4. The predicted octanol–water partition coefficient (Wildman–Crippen LogP) is 2.22. The number of amides is 1. The molecule has 3 heterocycles. The summed E-state index contributed by atoms with van der Waals surface area (Å²) in [4.78, 5) is 33.4. The highest BCUT2D eigenvalue weighted by atomic mass is 35.5. The van der Waals surface area contributed by atoms with Gasteiger partial charge in [-0.15, -0.1) is 0 Å². The SMILES string of the molecule is CCn1cnc2c(c1=O)CCN(C1CCN(c3ccc(Cl)c(F)c3)C1=O)C2. The van der Waals surface area contributed by atoms with Gasteiger partial charge in [0.1, 0.15) is 5.82 Å². The Bertz CT molecular complexity index is 961. The lowest BCUT2D eigenvalue weighted by Gasteiger charge is -2.31. The van der Waals surface area contributed by atoms with Gasteiger partial charge in [-0.2, -0.15) is 0 Å². The maximum atomic E-state index is 13.8. The molecule has 2 aliphatic heterocycles. The van der Waals surface area contributed by atoms with Crippen molar-refractivity contribution in [3.63, 3.8) is 0 Å². The maximum absolute atomic E-state index is 13.8. The van der Waals surface area contributed by atoms with Crippen LogP contribution in [0.2, 0.25) is 5.02 Å². The largest absolute Gasteiger partial charge is 0.311 e. The molecule has 6 nitrogen and oxygen atoms in total. The van der Waals surface area contributed by atoms with Crippen molar-refractivity contribution in [1.29, 1.82) is 0 Å². The highest BCUT2D eigenvalue weighted by Crippen LogP contribution is 2.29. The number of hydrogen-bond donors (Lipinski definition) is 0. The second-order valence-corrected chi connectivity index (χ2v) is 7.28. The van der Waals surface area contributed by atoms with E-state index < -0.39 is 5.82 Å². The maximum Gasteiger partial charge on any atom is 0.256 e. The second-order valence-electron chi connectivity index (χ2n) is 6.87. The Kier molecular flexibility index (Phi) is 4.74. The number of fused-ring (bicyclic) bond motifs is 1. The molecule has 1 atom stereocenters. The van der Waals surface area contributed by atoms with E-state index in [4.69, 9.17) is 11.6 Å². The summed E-state index contributed by atoms with van der Waals surface area (Å²) in [5.74, 6) is -0.587. The third kappa shape index (κ3) is 3.15. The first-order valence-electron chi connectivity index (χ1n) is 9.07. The van der Waals surface area contributed by atoms with E-state index in [2.05, 4.69) is 9.88 Å². The molecule has 1 fully saturated rings. The fraction of sp³-hybridized carbons (Fsp3) is 0.421. The van der Waals surface area contributed by atoms with Crippen LogP contribution in [-0.2, 0) is 24.3 Å². The average Bonchev–Trinajstić information content (AvgIpc) is 3.05. The molecule has 0 saturated carbocycles. The van der Waals surface area contributed by atoms with E-state index in [9.17, 15) is 14.0 Å². The summed E-state index contributed by atoms with van der Waals surface area (Å²) < 4.78 is 15.4. The summed E-state index contributed by atoms with van der Waals surface area (Å²) in [5.41, 5.74) is 2.03. The van der Waals surface area contributed by atoms with Crippen LogP contribution in [0, 0.1) is 5.82 Å². The summed E-state index contributed by atoms with van der Waals surface area (Å²) in [5, 5.41) is 0.0402. The van der Waals surface area contributed by atoms with Crippen molar-refractivity contribution in [2.75, 3.05) is 18.0 Å². The van der Waals surface area contributed by atoms with Crippen LogP contribution in [0.25, 0.3) is 0 Å². The number of benzene rings is 1. The van der Waals surface area contributed by atoms with Gasteiger partial charge in [-0.25, -0.2) is 9.37 Å². The van der Waals surface area contributed by atoms with E-state index >= 15 is 0 Å². The summed E-state index contributed by atoms with van der Waals surface area (Å²) in [6, 6.07) is 4.13. The molecule has 1 saturated heterocycles. The minimum atomic E-state index is -0.534. The molecule has 1 aromatic carbocycles. The number of hydrogen-bond acceptors (Lipinski definition) is 4. The van der Waals surface area contributed by atoms with Gasteiger partial charge >= 0.3 is 0 Å². The van der Waals surface area contributed by atoms with Gasteiger partial charge in [-0.1, -0.05) is 11.6 Å². The third-order valence-electron chi connectivity index (χ3n) is 5.40. The van der Waals surface area contributed by atoms with Crippen molar-refractivity contribution >= 4 is 23.2 Å². The lowest BCUT2D eigenvalue weighted by Crippen LogP contribution is -2.46. The number of aromatic nitrogens is 2. The Labute approximate surface area is 161 Å². The molecule has 1 unspecified atom stereocenters. The Hall–Kier alpha value is -2.25. The number of carbonyl (C=O) groups is 1. The normalized spacial score (nSPS) is 20.2. The van der Waals surface area contributed by atoms with Gasteiger partial charge in [0.05, 0.1) is 23.1 Å². The summed E-state index contributed by atoms with van der Waals surface area (Å²) in [7, 11) is 0. The summed E-state index contributed by atoms with van der Waals surface area (Å²) >= 11 is 5.74. The van der Waals surface area contributed by atoms with Crippen molar-refractivity contribution in [2.45, 2.75) is 38.9 Å². The fourth-order valence-electron chi connectivity index (χ4n) is 3.89. The molecule has 2 aliphatic rings. The summed E-state index contributed by atoms with van der Waals surface area (Å²) in [6.07, 6.45) is 2.82. The molecule has 142 valence electrons. The molecule has 0 spiro atoms. The van der Waals surface area contributed by atoms with Crippen molar-refractivity contribution in [1.82, 2.24) is 14.5 Å². The van der Waals surface area contributed by atoms with E-state index in [-0.39, 0.29) is 22.5 Å². The number of rotatable bonds is 3. The van der Waals surface area contributed by atoms with Crippen LogP contribution < -0.4 is 10.5 Å². The molecule has 0 aliphatic carbocycles. The number of anilines is 1. The zero-order chi connectivity index (χ0) is 19.1. The molecule has 1 amide bonds. The Morgan fingerprint density at radius 3 is 2.85 bits per heavy atom. The van der Waals surface area contributed by atoms with Crippen LogP contribution in [0.3, 0.4) is 0 Å². The zero-order valence-corrected chi connectivity index (χ0v) is 15.7. The lowest BCUT2D eigenvalue weighted by atomic mass is 10.0. The van der Waals surface area contributed by atoms with Crippen molar-refractivity contribution in [3.05, 3.63) is 57.0 Å². The minimum absolute atomic E-state index is 0.0122. The Balaban J connectivity index is 1.54. The smallest absolute Gasteiger partial charge is 0.256 e. The highest BCUT2D eigenvalue weighted by Gasteiger charge is 2.38. The van der Waals surface area contributed by atoms with Crippen LogP contribution in [0.15, 0.2) is 29.3 Å². The van der Waals surface area contributed by atoms with Crippen LogP contribution in [0.4, 0.5) is 10.1 Å².